The number of benzene rings is 2. The summed E-state index contributed by atoms with van der Waals surface area (Å²) >= 11 is 11.9. The summed E-state index contributed by atoms with van der Waals surface area (Å²) in [6.45, 7) is 1.93. The van der Waals surface area contributed by atoms with Gasteiger partial charge in [-0.2, -0.15) is 0 Å². The van der Waals surface area contributed by atoms with Crippen molar-refractivity contribution in [2.24, 2.45) is 0 Å². The van der Waals surface area contributed by atoms with Gasteiger partial charge in [-0.15, -0.1) is 12.4 Å². The maximum atomic E-state index is 13.8. The van der Waals surface area contributed by atoms with Gasteiger partial charge in [0, 0.05) is 30.2 Å². The predicted molar refractivity (Wildman–Crippen MR) is 107 cm³/mol. The number of nitrogens with zero attached hydrogens (tertiary/aromatic N) is 1. The van der Waals surface area contributed by atoms with Gasteiger partial charge in [0.25, 0.3) is 0 Å². The van der Waals surface area contributed by atoms with Crippen molar-refractivity contribution in [2.75, 3.05) is 32.8 Å². The van der Waals surface area contributed by atoms with Gasteiger partial charge in [0.05, 0.1) is 17.7 Å². The molecule has 0 spiro atoms. The van der Waals surface area contributed by atoms with Crippen LogP contribution in [0.1, 0.15) is 11.7 Å². The fraction of sp³-hybridized carbons (Fsp3) is 0.368. The zero-order valence-corrected chi connectivity index (χ0v) is 17.1. The van der Waals surface area contributed by atoms with Crippen molar-refractivity contribution in [3.8, 4) is 5.75 Å². The van der Waals surface area contributed by atoms with Crippen molar-refractivity contribution in [2.45, 2.75) is 12.2 Å². The lowest BCUT2D eigenvalue weighted by Crippen LogP contribution is -2.43. The van der Waals surface area contributed by atoms with Crippen LogP contribution in [0.3, 0.4) is 0 Å². The van der Waals surface area contributed by atoms with E-state index in [0.29, 0.717) is 42.6 Å². The molecule has 1 heterocycles. The molecular formula is C19H20Cl3F2NO3. The van der Waals surface area contributed by atoms with E-state index in [9.17, 15) is 13.9 Å². The minimum absolute atomic E-state index is 0. The average molecular weight is 455 g/mol. The molecule has 1 aliphatic rings. The van der Waals surface area contributed by atoms with Crippen molar-refractivity contribution in [1.82, 2.24) is 4.90 Å². The van der Waals surface area contributed by atoms with E-state index in [-0.39, 0.29) is 29.9 Å². The SMILES string of the molecule is Cl.OC(COc1ccc(F)cc1)CN1CCOC(c2cc(F)c(Cl)cc2Cl)C1. The lowest BCUT2D eigenvalue weighted by Gasteiger charge is -2.34. The van der Waals surface area contributed by atoms with Gasteiger partial charge in [0.15, 0.2) is 0 Å². The summed E-state index contributed by atoms with van der Waals surface area (Å²) in [6, 6.07) is 8.24. The summed E-state index contributed by atoms with van der Waals surface area (Å²) in [7, 11) is 0. The van der Waals surface area contributed by atoms with E-state index in [2.05, 4.69) is 0 Å². The number of ether oxygens (including phenoxy) is 2. The Bertz CT molecular complexity index is 780. The second-order valence-corrected chi connectivity index (χ2v) is 7.14. The first-order chi connectivity index (χ1) is 12.9. The number of hydrogen-bond donors (Lipinski definition) is 1. The van der Waals surface area contributed by atoms with Crippen molar-refractivity contribution >= 4 is 35.6 Å². The molecule has 9 heteroatoms. The van der Waals surface area contributed by atoms with Crippen molar-refractivity contribution < 1.29 is 23.4 Å². The Morgan fingerprint density at radius 3 is 2.61 bits per heavy atom. The molecule has 0 aliphatic carbocycles. The molecule has 2 unspecified atom stereocenters. The molecule has 1 fully saturated rings. The van der Waals surface area contributed by atoms with Crippen LogP contribution in [0.4, 0.5) is 8.78 Å². The fourth-order valence-corrected chi connectivity index (χ4v) is 3.42. The molecule has 4 nitrogen and oxygen atoms in total. The highest BCUT2D eigenvalue weighted by molar-refractivity contribution is 6.35. The molecule has 2 aromatic rings. The number of hydrogen-bond acceptors (Lipinski definition) is 4. The summed E-state index contributed by atoms with van der Waals surface area (Å²) in [4.78, 5) is 2.00. The highest BCUT2D eigenvalue weighted by Gasteiger charge is 2.26. The van der Waals surface area contributed by atoms with Crippen LogP contribution in [0.25, 0.3) is 0 Å². The predicted octanol–water partition coefficient (Wildman–Crippen LogP) is 4.51. The Labute approximate surface area is 178 Å². The Morgan fingerprint density at radius 1 is 1.18 bits per heavy atom. The summed E-state index contributed by atoms with van der Waals surface area (Å²) in [5, 5.41) is 10.5. The molecule has 1 N–H and O–H groups in total. The Morgan fingerprint density at radius 2 is 1.89 bits per heavy atom. The van der Waals surface area contributed by atoms with Crippen molar-refractivity contribution in [1.29, 1.82) is 0 Å². The third-order valence-corrected chi connectivity index (χ3v) is 4.88. The molecule has 0 saturated carbocycles. The second kappa shape index (κ2) is 10.6. The first-order valence-electron chi connectivity index (χ1n) is 8.47. The van der Waals surface area contributed by atoms with E-state index < -0.39 is 18.0 Å². The molecule has 28 heavy (non-hydrogen) atoms. The second-order valence-electron chi connectivity index (χ2n) is 6.33. The molecule has 0 amide bonds. The molecule has 1 aliphatic heterocycles. The normalized spacial score (nSPS) is 18.4. The molecule has 154 valence electrons. The third-order valence-electron chi connectivity index (χ3n) is 4.26. The molecule has 2 atom stereocenters. The van der Waals surface area contributed by atoms with Crippen LogP contribution >= 0.6 is 35.6 Å². The highest BCUT2D eigenvalue weighted by Crippen LogP contribution is 2.32. The van der Waals surface area contributed by atoms with E-state index in [1.165, 1.54) is 36.4 Å². The minimum atomic E-state index is -0.744. The maximum Gasteiger partial charge on any atom is 0.142 e. The van der Waals surface area contributed by atoms with Gasteiger partial charge in [-0.25, -0.2) is 8.78 Å². The molecule has 1 saturated heterocycles. The van der Waals surface area contributed by atoms with Crippen LogP contribution in [0.15, 0.2) is 36.4 Å². The highest BCUT2D eigenvalue weighted by atomic mass is 35.5. The quantitative estimate of drug-likeness (QED) is 0.652. The number of β-amino-alcohol motifs (C(OH)–C–C–N with tert-alkyl or cyclic N) is 1. The monoisotopic (exact) mass is 453 g/mol. The van der Waals surface area contributed by atoms with Gasteiger partial charge >= 0.3 is 0 Å². The number of aliphatic hydroxyl groups is 1. The molecule has 0 bridgehead atoms. The summed E-state index contributed by atoms with van der Waals surface area (Å²) in [6.07, 6.45) is -1.16. The number of halogens is 5. The lowest BCUT2D eigenvalue weighted by atomic mass is 10.1. The van der Waals surface area contributed by atoms with Crippen LogP contribution in [-0.4, -0.2) is 49.0 Å². The van der Waals surface area contributed by atoms with Gasteiger partial charge < -0.3 is 14.6 Å². The Balaban J connectivity index is 0.00000280. The number of rotatable bonds is 6. The average Bonchev–Trinajstić information content (AvgIpc) is 2.64. The molecule has 0 radical (unpaired) electrons. The first-order valence-corrected chi connectivity index (χ1v) is 9.23. The largest absolute Gasteiger partial charge is 0.491 e. The van der Waals surface area contributed by atoms with Gasteiger partial charge in [0.1, 0.15) is 30.1 Å². The number of aliphatic hydroxyl groups excluding tert-OH is 1. The third kappa shape index (κ3) is 6.17. The van der Waals surface area contributed by atoms with Crippen LogP contribution in [-0.2, 0) is 4.74 Å². The van der Waals surface area contributed by atoms with E-state index in [4.69, 9.17) is 32.7 Å². The van der Waals surface area contributed by atoms with Crippen LogP contribution in [0.5, 0.6) is 5.75 Å². The minimum Gasteiger partial charge on any atom is -0.491 e. The Hall–Kier alpha value is -1.15. The molecule has 3 rings (SSSR count). The zero-order chi connectivity index (χ0) is 19.4. The van der Waals surface area contributed by atoms with Gasteiger partial charge in [-0.1, -0.05) is 23.2 Å². The van der Waals surface area contributed by atoms with Crippen LogP contribution < -0.4 is 4.74 Å². The van der Waals surface area contributed by atoms with Crippen LogP contribution in [0.2, 0.25) is 10.0 Å². The fourth-order valence-electron chi connectivity index (χ4n) is 2.92. The lowest BCUT2D eigenvalue weighted by molar-refractivity contribution is -0.0460. The topological polar surface area (TPSA) is 41.9 Å². The maximum absolute atomic E-state index is 13.8. The van der Waals surface area contributed by atoms with Gasteiger partial charge in [-0.05, 0) is 36.4 Å². The van der Waals surface area contributed by atoms with Crippen LogP contribution in [0, 0.1) is 11.6 Å². The van der Waals surface area contributed by atoms with E-state index in [1.54, 1.807) is 0 Å². The van der Waals surface area contributed by atoms with Gasteiger partial charge in [0.2, 0.25) is 0 Å². The van der Waals surface area contributed by atoms with E-state index >= 15 is 0 Å². The van der Waals surface area contributed by atoms with Crippen molar-refractivity contribution in [3.05, 3.63) is 63.6 Å². The zero-order valence-electron chi connectivity index (χ0n) is 14.8. The summed E-state index contributed by atoms with van der Waals surface area (Å²) in [5.41, 5.74) is 0.528. The van der Waals surface area contributed by atoms with E-state index in [1.807, 2.05) is 4.90 Å². The summed E-state index contributed by atoms with van der Waals surface area (Å²) in [5.74, 6) is -0.414. The van der Waals surface area contributed by atoms with Gasteiger partial charge in [-0.3, -0.25) is 4.90 Å². The smallest absolute Gasteiger partial charge is 0.142 e. The molecule has 0 aromatic heterocycles. The standard InChI is InChI=1S/C19H19Cl2F2NO3.ClH/c20-16-8-17(21)18(23)7-15(16)19-10-24(5-6-26-19)9-13(25)11-27-14-3-1-12(22)2-4-14;/h1-4,7-8,13,19,25H,5-6,9-11H2;1H. The molecule has 2 aromatic carbocycles. The summed E-state index contributed by atoms with van der Waals surface area (Å²) < 4.78 is 37.8. The first kappa shape index (κ1) is 23.1. The van der Waals surface area contributed by atoms with Crippen molar-refractivity contribution in [3.63, 3.8) is 0 Å². The Kier molecular flexibility index (Phi) is 8.74. The van der Waals surface area contributed by atoms with E-state index in [0.717, 1.165) is 0 Å². The number of morpholine rings is 1. The molecular weight excluding hydrogens is 435 g/mol.